The second-order valence-electron chi connectivity index (χ2n) is 9.75. The van der Waals surface area contributed by atoms with Gasteiger partial charge in [0.25, 0.3) is 0 Å². The quantitative estimate of drug-likeness (QED) is 0.246. The van der Waals surface area contributed by atoms with E-state index in [-0.39, 0.29) is 18.9 Å². The number of methoxy groups -OCH3 is 1. The van der Waals surface area contributed by atoms with Gasteiger partial charge in [-0.15, -0.1) is 0 Å². The number of fused-ring (bicyclic) bond motifs is 1. The molecular weight excluding hydrogens is 540 g/mol. The Morgan fingerprint density at radius 2 is 2.08 bits per heavy atom. The molecule has 1 amide bonds. The molecule has 0 saturated carbocycles. The number of carbonyl (C=O) groups is 1. The summed E-state index contributed by atoms with van der Waals surface area (Å²) in [6.07, 6.45) is 3.99. The van der Waals surface area contributed by atoms with Crippen molar-refractivity contribution < 1.29 is 18.3 Å². The molecule has 1 aliphatic rings. The number of benzene rings is 2. The Labute approximate surface area is 235 Å². The molecule has 1 fully saturated rings. The molecule has 5 rings (SSSR count). The van der Waals surface area contributed by atoms with Crippen LogP contribution in [0.25, 0.3) is 22.6 Å². The number of ether oxygens (including phenoxy) is 1. The summed E-state index contributed by atoms with van der Waals surface area (Å²) >= 11 is 6.66. The van der Waals surface area contributed by atoms with Crippen LogP contribution >= 0.6 is 11.6 Å². The van der Waals surface area contributed by atoms with Gasteiger partial charge in [-0.3, -0.25) is 4.79 Å². The molecule has 12 heteroatoms. The van der Waals surface area contributed by atoms with Gasteiger partial charge in [-0.2, -0.15) is 4.98 Å². The first-order valence-corrected chi connectivity index (χ1v) is 13.5. The molecule has 0 aliphatic carbocycles. The highest BCUT2D eigenvalue weighted by Crippen LogP contribution is 2.33. The van der Waals surface area contributed by atoms with Gasteiger partial charge in [0.1, 0.15) is 11.3 Å². The van der Waals surface area contributed by atoms with Gasteiger partial charge < -0.3 is 25.3 Å². The van der Waals surface area contributed by atoms with E-state index in [2.05, 4.69) is 20.9 Å². The Morgan fingerprint density at radius 3 is 2.85 bits per heavy atom. The number of anilines is 2. The Bertz CT molecular complexity index is 1510. The Hall–Kier alpha value is -3.67. The van der Waals surface area contributed by atoms with E-state index in [0.29, 0.717) is 63.8 Å². The molecule has 0 spiro atoms. The maximum Gasteiger partial charge on any atom is 0.226 e. The van der Waals surface area contributed by atoms with Crippen molar-refractivity contribution in [3.8, 4) is 11.4 Å². The molecule has 1 aliphatic heterocycles. The lowest BCUT2D eigenvalue weighted by atomic mass is 9.99. The topological polar surface area (TPSA) is 106 Å². The molecule has 3 heterocycles. The van der Waals surface area contributed by atoms with Crippen molar-refractivity contribution in [2.45, 2.75) is 32.4 Å². The molecule has 210 valence electrons. The minimum atomic E-state index is -0.909. The van der Waals surface area contributed by atoms with Crippen LogP contribution in [0.15, 0.2) is 42.6 Å². The molecule has 3 N–H and O–H groups in total. The lowest BCUT2D eigenvalue weighted by Crippen LogP contribution is -2.32. The van der Waals surface area contributed by atoms with Crippen LogP contribution in [0, 0.1) is 17.6 Å². The van der Waals surface area contributed by atoms with E-state index in [1.54, 1.807) is 31.5 Å². The number of hydrogen-bond donors (Lipinski definition) is 3. The first-order valence-electron chi connectivity index (χ1n) is 13.1. The van der Waals surface area contributed by atoms with E-state index >= 15 is 0 Å². The highest BCUT2D eigenvalue weighted by atomic mass is 35.5. The summed E-state index contributed by atoms with van der Waals surface area (Å²) in [5.41, 5.74) is 3.01. The van der Waals surface area contributed by atoms with Gasteiger partial charge >= 0.3 is 0 Å². The van der Waals surface area contributed by atoms with Crippen LogP contribution < -0.4 is 16.0 Å². The van der Waals surface area contributed by atoms with Crippen molar-refractivity contribution >= 4 is 40.3 Å². The lowest BCUT2D eigenvalue weighted by molar-refractivity contribution is -0.117. The lowest BCUT2D eigenvalue weighted by Gasteiger charge is -2.24. The van der Waals surface area contributed by atoms with Gasteiger partial charge in [-0.05, 0) is 67.7 Å². The van der Waals surface area contributed by atoms with E-state index in [0.717, 1.165) is 38.1 Å². The average Bonchev–Trinajstić information content (AvgIpc) is 3.31. The third-order valence-corrected chi connectivity index (χ3v) is 7.12. The van der Waals surface area contributed by atoms with Crippen molar-refractivity contribution in [1.29, 1.82) is 0 Å². The predicted molar refractivity (Wildman–Crippen MR) is 150 cm³/mol. The monoisotopic (exact) mass is 569 g/mol. The van der Waals surface area contributed by atoms with Crippen LogP contribution in [0.4, 0.5) is 20.4 Å². The van der Waals surface area contributed by atoms with Gasteiger partial charge in [0.15, 0.2) is 17.3 Å². The third kappa shape index (κ3) is 6.55. The summed E-state index contributed by atoms with van der Waals surface area (Å²) in [6, 6.07) is 9.02. The van der Waals surface area contributed by atoms with Crippen LogP contribution in [-0.2, 0) is 22.6 Å². The minimum Gasteiger partial charge on any atom is -0.384 e. The number of nitrogens with one attached hydrogen (secondary N) is 3. The molecule has 0 bridgehead atoms. The van der Waals surface area contributed by atoms with Crippen LogP contribution in [-0.4, -0.2) is 52.2 Å². The second kappa shape index (κ2) is 12.7. The highest BCUT2D eigenvalue weighted by Gasteiger charge is 2.22. The zero-order valence-electron chi connectivity index (χ0n) is 22.0. The van der Waals surface area contributed by atoms with Crippen molar-refractivity contribution in [3.05, 3.63) is 64.8 Å². The molecule has 2 aromatic carbocycles. The molecule has 9 nitrogen and oxygen atoms in total. The summed E-state index contributed by atoms with van der Waals surface area (Å²) < 4.78 is 34.0. The van der Waals surface area contributed by atoms with Crippen molar-refractivity contribution in [2.75, 3.05) is 37.4 Å². The molecular formula is C28H30ClF2N7O2. The number of hydrogen-bond acceptors (Lipinski definition) is 7. The van der Waals surface area contributed by atoms with E-state index in [9.17, 15) is 13.6 Å². The molecule has 1 saturated heterocycles. The highest BCUT2D eigenvalue weighted by molar-refractivity contribution is 6.33. The second-order valence-corrected chi connectivity index (χ2v) is 10.2. The van der Waals surface area contributed by atoms with E-state index in [1.807, 2.05) is 4.57 Å². The third-order valence-electron chi connectivity index (χ3n) is 6.79. The number of halogens is 3. The van der Waals surface area contributed by atoms with Crippen molar-refractivity contribution in [3.63, 3.8) is 0 Å². The minimum absolute atomic E-state index is 0.167. The molecule has 40 heavy (non-hydrogen) atoms. The largest absolute Gasteiger partial charge is 0.384 e. The smallest absolute Gasteiger partial charge is 0.226 e. The summed E-state index contributed by atoms with van der Waals surface area (Å²) in [5, 5.41) is 9.91. The fourth-order valence-electron chi connectivity index (χ4n) is 4.74. The Morgan fingerprint density at radius 1 is 1.20 bits per heavy atom. The summed E-state index contributed by atoms with van der Waals surface area (Å²) in [5.74, 6) is -0.669. The Balaban J connectivity index is 1.49. The summed E-state index contributed by atoms with van der Waals surface area (Å²) in [6.45, 7) is 3.05. The predicted octanol–water partition coefficient (Wildman–Crippen LogP) is 5.01. The molecule has 4 aromatic rings. The van der Waals surface area contributed by atoms with Crippen molar-refractivity contribution in [1.82, 2.24) is 24.8 Å². The summed E-state index contributed by atoms with van der Waals surface area (Å²) in [7, 11) is 1.55. The number of rotatable bonds is 10. The number of aromatic nitrogens is 4. The van der Waals surface area contributed by atoms with Gasteiger partial charge in [-0.25, -0.2) is 18.7 Å². The van der Waals surface area contributed by atoms with Crippen LogP contribution in [0.1, 0.15) is 24.8 Å². The maximum atomic E-state index is 13.6. The SMILES string of the molecule is COCCC(=O)Nc1ccc(Cl)c(-c2nc3cnc(NCc4ccc(F)c(F)c4)nc3n2C[C@@H]2CCCNC2)c1. The maximum absolute atomic E-state index is 13.6. The normalized spacial score (nSPS) is 15.3. The first-order chi connectivity index (χ1) is 19.4. The standard InChI is InChI=1S/C28H30ClF2N7O2/c1-40-10-8-25(39)35-19-5-6-21(29)20(12-19)26-36-24-15-34-28(33-14-17-4-7-22(30)23(31)11-17)37-27(24)38(26)16-18-3-2-9-32-13-18/h4-7,11-12,15,18,32H,2-3,8-10,13-14,16H2,1H3,(H,35,39)(H,33,34,37)/t18-/m1/s1. The molecule has 0 unspecified atom stereocenters. The number of piperidine rings is 1. The van der Waals surface area contributed by atoms with Crippen molar-refractivity contribution in [2.24, 2.45) is 5.92 Å². The van der Waals surface area contributed by atoms with Gasteiger partial charge in [-0.1, -0.05) is 17.7 Å². The van der Waals surface area contributed by atoms with E-state index < -0.39 is 11.6 Å². The molecule has 0 radical (unpaired) electrons. The fourth-order valence-corrected chi connectivity index (χ4v) is 4.95. The van der Waals surface area contributed by atoms with Gasteiger partial charge in [0.05, 0.1) is 24.2 Å². The zero-order valence-corrected chi connectivity index (χ0v) is 22.8. The first kappa shape index (κ1) is 27.9. The number of nitrogens with zero attached hydrogens (tertiary/aromatic N) is 4. The van der Waals surface area contributed by atoms with Crippen LogP contribution in [0.2, 0.25) is 5.02 Å². The average molecular weight is 570 g/mol. The van der Waals surface area contributed by atoms with E-state index in [1.165, 1.54) is 6.07 Å². The number of amides is 1. The van der Waals surface area contributed by atoms with E-state index in [4.69, 9.17) is 26.3 Å². The zero-order chi connectivity index (χ0) is 28.1. The summed E-state index contributed by atoms with van der Waals surface area (Å²) in [4.78, 5) is 26.3. The van der Waals surface area contributed by atoms with Gasteiger partial charge in [0, 0.05) is 31.5 Å². The molecule has 1 atom stereocenters. The van der Waals surface area contributed by atoms with Gasteiger partial charge in [0.2, 0.25) is 11.9 Å². The fraction of sp³-hybridized carbons (Fsp3) is 0.357. The molecule has 2 aromatic heterocycles. The number of imidazole rings is 1. The number of carbonyl (C=O) groups excluding carboxylic acids is 1. The van der Waals surface area contributed by atoms with Crippen LogP contribution in [0.5, 0.6) is 0 Å². The van der Waals surface area contributed by atoms with Crippen LogP contribution in [0.3, 0.4) is 0 Å². The Kier molecular flexibility index (Phi) is 8.83.